The van der Waals surface area contributed by atoms with E-state index in [0.29, 0.717) is 17.5 Å². The molecule has 0 fully saturated rings. The van der Waals surface area contributed by atoms with Crippen LogP contribution in [0.4, 0.5) is 11.5 Å². The van der Waals surface area contributed by atoms with E-state index in [4.69, 9.17) is 17.3 Å². The summed E-state index contributed by atoms with van der Waals surface area (Å²) >= 11 is 6.40. The lowest BCUT2D eigenvalue weighted by Crippen LogP contribution is -2.31. The molecule has 2 aromatic rings. The fourth-order valence-electron chi connectivity index (χ4n) is 2.78. The number of fused-ring (bicyclic) bond motifs is 1. The van der Waals surface area contributed by atoms with Gasteiger partial charge in [0.25, 0.3) is 0 Å². The molecule has 0 aliphatic carbocycles. The summed E-state index contributed by atoms with van der Waals surface area (Å²) in [6.45, 7) is 3.65. The van der Waals surface area contributed by atoms with Gasteiger partial charge in [-0.1, -0.05) is 36.7 Å². The molecule has 3 rings (SSSR count). The predicted octanol–water partition coefficient (Wildman–Crippen LogP) is 3.52. The zero-order valence-corrected chi connectivity index (χ0v) is 12.3. The summed E-state index contributed by atoms with van der Waals surface area (Å²) in [4.78, 5) is 6.73. The van der Waals surface area contributed by atoms with Crippen LogP contribution in [0.25, 0.3) is 0 Å². The van der Waals surface area contributed by atoms with Crippen molar-refractivity contribution in [2.24, 2.45) is 11.7 Å². The Bertz CT molecular complexity index is 627. The number of hydrogen-bond acceptors (Lipinski definition) is 3. The summed E-state index contributed by atoms with van der Waals surface area (Å²) < 4.78 is 0. The molecule has 1 unspecified atom stereocenters. The molecule has 2 heterocycles. The van der Waals surface area contributed by atoms with Crippen LogP contribution in [0.15, 0.2) is 36.5 Å². The minimum absolute atomic E-state index is 0.458. The third kappa shape index (κ3) is 2.39. The van der Waals surface area contributed by atoms with Crippen molar-refractivity contribution in [3.05, 3.63) is 52.7 Å². The smallest absolute Gasteiger partial charge is 0.151 e. The monoisotopic (exact) mass is 287 g/mol. The minimum atomic E-state index is 0.458. The molecule has 4 heteroatoms. The van der Waals surface area contributed by atoms with E-state index in [1.165, 1.54) is 11.3 Å². The normalized spacial score (nSPS) is 17.9. The molecule has 0 saturated heterocycles. The molecule has 1 aromatic heterocycles. The Kier molecular flexibility index (Phi) is 3.64. The lowest BCUT2D eigenvalue weighted by molar-refractivity contribution is 0.560. The van der Waals surface area contributed by atoms with Gasteiger partial charge in [-0.2, -0.15) is 0 Å². The summed E-state index contributed by atoms with van der Waals surface area (Å²) in [5, 5.41) is 0.664. The van der Waals surface area contributed by atoms with E-state index < -0.39 is 0 Å². The van der Waals surface area contributed by atoms with Crippen LogP contribution in [0.5, 0.6) is 0 Å². The predicted molar refractivity (Wildman–Crippen MR) is 83.5 cm³/mol. The van der Waals surface area contributed by atoms with Gasteiger partial charge < -0.3 is 10.6 Å². The quantitative estimate of drug-likeness (QED) is 0.919. The van der Waals surface area contributed by atoms with Crippen molar-refractivity contribution < 1.29 is 0 Å². The maximum Gasteiger partial charge on any atom is 0.151 e. The van der Waals surface area contributed by atoms with Crippen LogP contribution in [0, 0.1) is 5.92 Å². The molecule has 2 N–H and O–H groups in total. The highest BCUT2D eigenvalue weighted by atomic mass is 35.5. The first-order valence-electron chi connectivity index (χ1n) is 6.89. The third-order valence-electron chi connectivity index (χ3n) is 3.71. The fraction of sp³-hybridized carbons (Fsp3) is 0.312. The molecule has 0 bridgehead atoms. The van der Waals surface area contributed by atoms with Gasteiger partial charge in [-0.3, -0.25) is 0 Å². The Morgan fingerprint density at radius 2 is 2.20 bits per heavy atom. The zero-order valence-electron chi connectivity index (χ0n) is 11.5. The van der Waals surface area contributed by atoms with Crippen LogP contribution >= 0.6 is 11.6 Å². The third-order valence-corrected chi connectivity index (χ3v) is 3.99. The molecule has 20 heavy (non-hydrogen) atoms. The van der Waals surface area contributed by atoms with E-state index in [9.17, 15) is 0 Å². The van der Waals surface area contributed by atoms with Crippen molar-refractivity contribution in [2.75, 3.05) is 11.4 Å². The second-order valence-corrected chi connectivity index (χ2v) is 5.81. The number of para-hydroxylation sites is 1. The Balaban J connectivity index is 2.06. The highest BCUT2D eigenvalue weighted by molar-refractivity contribution is 6.33. The summed E-state index contributed by atoms with van der Waals surface area (Å²) in [5.74, 6) is 1.40. The van der Waals surface area contributed by atoms with Gasteiger partial charge in [0.05, 0.1) is 5.02 Å². The van der Waals surface area contributed by atoms with Crippen LogP contribution in [-0.2, 0) is 13.0 Å². The van der Waals surface area contributed by atoms with Crippen molar-refractivity contribution in [3.8, 4) is 0 Å². The first kappa shape index (κ1) is 13.4. The number of nitrogens with zero attached hydrogens (tertiary/aromatic N) is 2. The molecule has 0 radical (unpaired) electrons. The van der Waals surface area contributed by atoms with Gasteiger partial charge in [-0.25, -0.2) is 4.98 Å². The number of hydrogen-bond donors (Lipinski definition) is 1. The maximum atomic E-state index is 6.40. The van der Waals surface area contributed by atoms with Gasteiger partial charge in [0.2, 0.25) is 0 Å². The SMILES string of the molecule is CC1Cc2ccccc2N(c2ncc(CN)cc2Cl)C1. The number of rotatable bonds is 2. The summed E-state index contributed by atoms with van der Waals surface area (Å²) in [6.07, 6.45) is 2.91. The van der Waals surface area contributed by atoms with Gasteiger partial charge in [0.1, 0.15) is 0 Å². The lowest BCUT2D eigenvalue weighted by atomic mass is 9.94. The molecule has 0 spiro atoms. The Labute approximate surface area is 124 Å². The highest BCUT2D eigenvalue weighted by Crippen LogP contribution is 2.37. The van der Waals surface area contributed by atoms with Gasteiger partial charge in [0, 0.05) is 25.0 Å². The van der Waals surface area contributed by atoms with E-state index in [1.54, 1.807) is 0 Å². The molecule has 1 aromatic carbocycles. The number of halogens is 1. The molecule has 0 amide bonds. The first-order valence-corrected chi connectivity index (χ1v) is 7.26. The number of aromatic nitrogens is 1. The molecule has 0 saturated carbocycles. The van der Waals surface area contributed by atoms with E-state index in [0.717, 1.165) is 24.3 Å². The topological polar surface area (TPSA) is 42.2 Å². The molecule has 1 aliphatic heterocycles. The molecule has 104 valence electrons. The van der Waals surface area contributed by atoms with Crippen molar-refractivity contribution >= 4 is 23.1 Å². The van der Waals surface area contributed by atoms with E-state index in [1.807, 2.05) is 12.3 Å². The highest BCUT2D eigenvalue weighted by Gasteiger charge is 2.24. The molecule has 1 aliphatic rings. The maximum absolute atomic E-state index is 6.40. The van der Waals surface area contributed by atoms with E-state index in [-0.39, 0.29) is 0 Å². The summed E-state index contributed by atoms with van der Waals surface area (Å²) in [5.41, 5.74) is 9.15. The number of anilines is 2. The Morgan fingerprint density at radius 1 is 1.40 bits per heavy atom. The number of pyridine rings is 1. The molecule has 3 nitrogen and oxygen atoms in total. The molecular formula is C16H18ClN3. The Hall–Kier alpha value is -1.58. The van der Waals surface area contributed by atoms with Gasteiger partial charge in [0.15, 0.2) is 5.82 Å². The zero-order chi connectivity index (χ0) is 14.1. The second-order valence-electron chi connectivity index (χ2n) is 5.40. The molecule has 1 atom stereocenters. The van der Waals surface area contributed by atoms with Gasteiger partial charge in [-0.05, 0) is 35.6 Å². The van der Waals surface area contributed by atoms with Gasteiger partial charge in [-0.15, -0.1) is 0 Å². The van der Waals surface area contributed by atoms with Crippen molar-refractivity contribution in [1.82, 2.24) is 4.98 Å². The average molecular weight is 288 g/mol. The fourth-order valence-corrected chi connectivity index (χ4v) is 3.07. The Morgan fingerprint density at radius 3 is 2.95 bits per heavy atom. The summed E-state index contributed by atoms with van der Waals surface area (Å²) in [6, 6.07) is 10.4. The van der Waals surface area contributed by atoms with Crippen molar-refractivity contribution in [3.63, 3.8) is 0 Å². The standard InChI is InChI=1S/C16H18ClN3/c1-11-6-13-4-2-3-5-15(13)20(10-11)16-14(17)7-12(8-18)9-19-16/h2-5,7,9,11H,6,8,10,18H2,1H3. The van der Waals surface area contributed by atoms with E-state index in [2.05, 4.69) is 41.1 Å². The van der Waals surface area contributed by atoms with Crippen molar-refractivity contribution in [1.29, 1.82) is 0 Å². The van der Waals surface area contributed by atoms with Crippen molar-refractivity contribution in [2.45, 2.75) is 19.9 Å². The van der Waals surface area contributed by atoms with Gasteiger partial charge >= 0.3 is 0 Å². The minimum Gasteiger partial charge on any atom is -0.326 e. The number of nitrogens with two attached hydrogens (primary N) is 1. The first-order chi connectivity index (χ1) is 9.69. The average Bonchev–Trinajstić information content (AvgIpc) is 2.46. The summed E-state index contributed by atoms with van der Waals surface area (Å²) in [7, 11) is 0. The number of benzene rings is 1. The van der Waals surface area contributed by atoms with Crippen LogP contribution < -0.4 is 10.6 Å². The lowest BCUT2D eigenvalue weighted by Gasteiger charge is -2.34. The van der Waals surface area contributed by atoms with Crippen LogP contribution in [0.1, 0.15) is 18.1 Å². The largest absolute Gasteiger partial charge is 0.326 e. The van der Waals surface area contributed by atoms with Crippen LogP contribution in [0.2, 0.25) is 5.02 Å². The van der Waals surface area contributed by atoms with Crippen LogP contribution in [-0.4, -0.2) is 11.5 Å². The van der Waals surface area contributed by atoms with Crippen LogP contribution in [0.3, 0.4) is 0 Å². The second kappa shape index (κ2) is 5.43. The van der Waals surface area contributed by atoms with E-state index >= 15 is 0 Å². The molecular weight excluding hydrogens is 270 g/mol.